The molecule has 0 aliphatic carbocycles. The molecule has 1 aromatic carbocycles. The van der Waals surface area contributed by atoms with E-state index in [-0.39, 0.29) is 12.5 Å². The molecule has 1 amide bonds. The predicted molar refractivity (Wildman–Crippen MR) is 125 cm³/mol. The Morgan fingerprint density at radius 2 is 1.60 bits per heavy atom. The van der Waals surface area contributed by atoms with Crippen LogP contribution in [0.2, 0.25) is 0 Å². The van der Waals surface area contributed by atoms with Crippen LogP contribution in [-0.4, -0.2) is 25.0 Å². The largest absolute Gasteiger partial charge is 0.458 e. The maximum absolute atomic E-state index is 12.5. The van der Waals surface area contributed by atoms with Gasteiger partial charge in [0, 0.05) is 6.54 Å². The second-order valence-corrected chi connectivity index (χ2v) is 8.04. The van der Waals surface area contributed by atoms with E-state index in [9.17, 15) is 9.59 Å². The molecule has 1 rings (SSSR count). The van der Waals surface area contributed by atoms with Gasteiger partial charge in [0.25, 0.3) is 5.91 Å². The summed E-state index contributed by atoms with van der Waals surface area (Å²) in [6, 6.07) is 6.84. The third kappa shape index (κ3) is 11.0. The van der Waals surface area contributed by atoms with E-state index in [1.807, 2.05) is 13.0 Å². The highest BCUT2D eigenvalue weighted by Gasteiger charge is 2.17. The fourth-order valence-corrected chi connectivity index (χ4v) is 3.09. The maximum atomic E-state index is 12.5. The van der Waals surface area contributed by atoms with Crippen molar-refractivity contribution in [2.75, 3.05) is 13.2 Å². The summed E-state index contributed by atoms with van der Waals surface area (Å²) in [5, 5.41) is 2.93. The van der Waals surface area contributed by atoms with Gasteiger partial charge in [-0.2, -0.15) is 0 Å². The van der Waals surface area contributed by atoms with Crippen molar-refractivity contribution in [3.63, 3.8) is 0 Å². The molecule has 30 heavy (non-hydrogen) atoms. The van der Waals surface area contributed by atoms with Crippen LogP contribution in [0.4, 0.5) is 0 Å². The topological polar surface area (TPSA) is 55.4 Å². The van der Waals surface area contributed by atoms with Gasteiger partial charge in [0.15, 0.2) is 0 Å². The number of unbranched alkanes of at least 4 members (excludes halogenated alkanes) is 5. The first-order valence-electron chi connectivity index (χ1n) is 11.3. The van der Waals surface area contributed by atoms with Gasteiger partial charge in [-0.1, -0.05) is 68.4 Å². The molecular weight excluding hydrogens is 374 g/mol. The smallest absolute Gasteiger partial charge is 0.339 e. The Balaban J connectivity index is 2.50. The number of benzene rings is 1. The highest BCUT2D eigenvalue weighted by molar-refractivity contribution is 6.05. The molecule has 0 atom stereocenters. The normalized spacial score (nSPS) is 11.1. The first kappa shape index (κ1) is 25.7. The van der Waals surface area contributed by atoms with E-state index >= 15 is 0 Å². The molecule has 166 valence electrons. The summed E-state index contributed by atoms with van der Waals surface area (Å²) in [6.07, 6.45) is 13.1. The molecule has 1 aromatic rings. The number of carbonyl (C=O) groups is 2. The second kappa shape index (κ2) is 15.5. The molecule has 0 fully saturated rings. The number of amides is 1. The minimum atomic E-state index is -0.464. The number of hydrogen-bond donors (Lipinski definition) is 1. The standard InChI is InChI=1S/C26H39NO3/c1-5-6-7-8-9-12-19-27-25(28)23-16-10-11-17-24(23)26(29)30-20-18-22(4)15-13-14-21(2)3/h10-11,14,16-18H,5-9,12-13,15,19-20H2,1-4H3,(H,27,28)/b22-18+. The SMILES string of the molecule is CCCCCCCCNC(=O)c1ccccc1C(=O)OC/C=C(\C)CCC=C(C)C. The molecule has 0 bridgehead atoms. The zero-order chi connectivity index (χ0) is 22.2. The average Bonchev–Trinajstić information content (AvgIpc) is 2.72. The van der Waals surface area contributed by atoms with Crippen LogP contribution in [0.5, 0.6) is 0 Å². The van der Waals surface area contributed by atoms with Gasteiger partial charge in [0.1, 0.15) is 6.61 Å². The van der Waals surface area contributed by atoms with E-state index in [4.69, 9.17) is 4.74 Å². The van der Waals surface area contributed by atoms with E-state index in [0.29, 0.717) is 17.7 Å². The molecule has 0 aliphatic rings. The highest BCUT2D eigenvalue weighted by atomic mass is 16.5. The fourth-order valence-electron chi connectivity index (χ4n) is 3.09. The Kier molecular flexibility index (Phi) is 13.2. The quantitative estimate of drug-likeness (QED) is 0.212. The zero-order valence-electron chi connectivity index (χ0n) is 19.3. The van der Waals surface area contributed by atoms with Crippen molar-refractivity contribution in [1.82, 2.24) is 5.32 Å². The van der Waals surface area contributed by atoms with Crippen LogP contribution in [0.3, 0.4) is 0 Å². The van der Waals surface area contributed by atoms with Gasteiger partial charge in [0.05, 0.1) is 11.1 Å². The van der Waals surface area contributed by atoms with Crippen LogP contribution < -0.4 is 5.32 Å². The van der Waals surface area contributed by atoms with Crippen LogP contribution in [-0.2, 0) is 4.74 Å². The molecule has 0 saturated carbocycles. The van der Waals surface area contributed by atoms with Gasteiger partial charge < -0.3 is 10.1 Å². The number of allylic oxidation sites excluding steroid dienone is 3. The van der Waals surface area contributed by atoms with Crippen LogP contribution in [0.1, 0.15) is 99.8 Å². The van der Waals surface area contributed by atoms with Gasteiger partial charge >= 0.3 is 5.97 Å². The van der Waals surface area contributed by atoms with E-state index < -0.39 is 5.97 Å². The van der Waals surface area contributed by atoms with Gasteiger partial charge in [-0.25, -0.2) is 4.79 Å². The molecule has 1 N–H and O–H groups in total. The first-order valence-corrected chi connectivity index (χ1v) is 11.3. The first-order chi connectivity index (χ1) is 14.5. The Morgan fingerprint density at radius 1 is 0.933 bits per heavy atom. The fraction of sp³-hybridized carbons (Fsp3) is 0.538. The molecular formula is C26H39NO3. The van der Waals surface area contributed by atoms with Crippen molar-refractivity contribution < 1.29 is 14.3 Å². The average molecular weight is 414 g/mol. The minimum absolute atomic E-state index is 0.215. The summed E-state index contributed by atoms with van der Waals surface area (Å²) in [7, 11) is 0. The number of hydrogen-bond acceptors (Lipinski definition) is 3. The van der Waals surface area contributed by atoms with E-state index in [2.05, 4.69) is 32.2 Å². The van der Waals surface area contributed by atoms with Crippen molar-refractivity contribution in [2.24, 2.45) is 0 Å². The van der Waals surface area contributed by atoms with E-state index in [1.54, 1.807) is 24.3 Å². The molecule has 0 aliphatic heterocycles. The van der Waals surface area contributed by atoms with Crippen molar-refractivity contribution in [3.8, 4) is 0 Å². The van der Waals surface area contributed by atoms with Gasteiger partial charge in [0.2, 0.25) is 0 Å². The number of nitrogens with one attached hydrogen (secondary N) is 1. The highest BCUT2D eigenvalue weighted by Crippen LogP contribution is 2.12. The number of rotatable bonds is 14. The van der Waals surface area contributed by atoms with Crippen molar-refractivity contribution >= 4 is 11.9 Å². The van der Waals surface area contributed by atoms with E-state index in [0.717, 1.165) is 25.7 Å². The summed E-state index contributed by atoms with van der Waals surface area (Å²) in [4.78, 5) is 25.0. The third-order valence-electron chi connectivity index (χ3n) is 4.94. The molecule has 0 radical (unpaired) electrons. The van der Waals surface area contributed by atoms with Gasteiger partial charge in [-0.3, -0.25) is 4.79 Å². The van der Waals surface area contributed by atoms with Crippen LogP contribution in [0.15, 0.2) is 47.6 Å². The summed E-state index contributed by atoms with van der Waals surface area (Å²) < 4.78 is 5.39. The Labute approximate surface area is 182 Å². The molecule has 0 spiro atoms. The molecule has 4 nitrogen and oxygen atoms in total. The van der Waals surface area contributed by atoms with Gasteiger partial charge in [-0.05, 0) is 58.2 Å². The lowest BCUT2D eigenvalue weighted by atomic mass is 10.1. The maximum Gasteiger partial charge on any atom is 0.339 e. The number of carbonyl (C=O) groups excluding carboxylic acids is 2. The van der Waals surface area contributed by atoms with Crippen molar-refractivity contribution in [1.29, 1.82) is 0 Å². The lowest BCUT2D eigenvalue weighted by Crippen LogP contribution is -2.26. The van der Waals surface area contributed by atoms with Crippen LogP contribution >= 0.6 is 0 Å². The zero-order valence-corrected chi connectivity index (χ0v) is 19.3. The van der Waals surface area contributed by atoms with Gasteiger partial charge in [-0.15, -0.1) is 0 Å². The van der Waals surface area contributed by atoms with Crippen LogP contribution in [0.25, 0.3) is 0 Å². The predicted octanol–water partition coefficient (Wildman–Crippen LogP) is 6.63. The summed E-state index contributed by atoms with van der Waals surface area (Å²) >= 11 is 0. The third-order valence-corrected chi connectivity index (χ3v) is 4.94. The van der Waals surface area contributed by atoms with Crippen molar-refractivity contribution in [3.05, 3.63) is 58.7 Å². The Hall–Kier alpha value is -2.36. The number of ether oxygens (including phenoxy) is 1. The monoisotopic (exact) mass is 413 g/mol. The summed E-state index contributed by atoms with van der Waals surface area (Å²) in [5.41, 5.74) is 3.18. The summed E-state index contributed by atoms with van der Waals surface area (Å²) in [6.45, 7) is 9.25. The van der Waals surface area contributed by atoms with E-state index in [1.165, 1.54) is 36.8 Å². The lowest BCUT2D eigenvalue weighted by molar-refractivity contribution is 0.0545. The molecule has 0 unspecified atom stereocenters. The molecule has 0 heterocycles. The molecule has 4 heteroatoms. The lowest BCUT2D eigenvalue weighted by Gasteiger charge is -2.10. The Morgan fingerprint density at radius 3 is 2.30 bits per heavy atom. The molecule has 0 aromatic heterocycles. The molecule has 0 saturated heterocycles. The number of esters is 1. The van der Waals surface area contributed by atoms with Crippen LogP contribution in [0, 0.1) is 0 Å². The minimum Gasteiger partial charge on any atom is -0.458 e. The second-order valence-electron chi connectivity index (χ2n) is 8.04. The summed E-state index contributed by atoms with van der Waals surface area (Å²) in [5.74, 6) is -0.682. The Bertz CT molecular complexity index is 715. The van der Waals surface area contributed by atoms with Crippen molar-refractivity contribution in [2.45, 2.75) is 79.1 Å².